The lowest BCUT2D eigenvalue weighted by Gasteiger charge is -2.07. The number of hydrogen-bond donors (Lipinski definition) is 0. The molecule has 2 aromatic carbocycles. The van der Waals surface area contributed by atoms with Crippen molar-refractivity contribution in [1.29, 1.82) is 0 Å². The lowest BCUT2D eigenvalue weighted by molar-refractivity contribution is 0.414. The quantitative estimate of drug-likeness (QED) is 0.576. The zero-order chi connectivity index (χ0) is 18.8. The van der Waals surface area contributed by atoms with Gasteiger partial charge in [-0.1, -0.05) is 12.1 Å². The van der Waals surface area contributed by atoms with Gasteiger partial charge in [-0.2, -0.15) is 4.39 Å². The van der Waals surface area contributed by atoms with Gasteiger partial charge in [-0.05, 0) is 29.8 Å². The molecule has 0 amide bonds. The first kappa shape index (κ1) is 18.9. The molecule has 2 aromatic rings. The lowest BCUT2D eigenvalue weighted by atomic mass is 10.2. The molecule has 9 heteroatoms. The maximum Gasteiger partial charge on any atom is 0.251 e. The van der Waals surface area contributed by atoms with Gasteiger partial charge >= 0.3 is 0 Å². The molecule has 0 unspecified atom stereocenters. The number of rotatable bonds is 5. The second-order valence-electron chi connectivity index (χ2n) is 4.92. The number of benzene rings is 2. The fourth-order valence-electron chi connectivity index (χ4n) is 1.94. The summed E-state index contributed by atoms with van der Waals surface area (Å²) in [7, 11) is -3.42. The van der Waals surface area contributed by atoms with Crippen molar-refractivity contribution in [2.75, 3.05) is 7.11 Å². The largest absolute Gasteiger partial charge is 0.497 e. The van der Waals surface area contributed by atoms with Gasteiger partial charge in [-0.15, -0.1) is 0 Å². The second kappa shape index (κ2) is 7.22. The molecule has 0 heterocycles. The molecule has 0 aliphatic carbocycles. The maximum atomic E-state index is 14.0. The number of halogens is 5. The molecule has 0 spiro atoms. The average Bonchev–Trinajstić information content (AvgIpc) is 2.59. The van der Waals surface area contributed by atoms with Crippen LogP contribution in [0.4, 0.5) is 22.0 Å². The molecule has 0 saturated heterocycles. The molecule has 134 valence electrons. The van der Waals surface area contributed by atoms with Gasteiger partial charge in [-0.3, -0.25) is 0 Å². The number of methoxy groups -OCH3 is 1. The summed E-state index contributed by atoms with van der Waals surface area (Å²) in [4.78, 5) is 0. The third-order valence-electron chi connectivity index (χ3n) is 3.23. The normalized spacial score (nSPS) is 12.7. The van der Waals surface area contributed by atoms with Crippen LogP contribution in [0.3, 0.4) is 0 Å². The van der Waals surface area contributed by atoms with Crippen molar-refractivity contribution in [3.05, 3.63) is 70.1 Å². The van der Waals surface area contributed by atoms with Crippen molar-refractivity contribution in [1.82, 2.24) is 0 Å². The van der Waals surface area contributed by atoms with Gasteiger partial charge in [0.2, 0.25) is 9.84 Å². The molecule has 0 saturated carbocycles. The van der Waals surface area contributed by atoms with E-state index < -0.39 is 49.6 Å². The maximum absolute atomic E-state index is 14.0. The van der Waals surface area contributed by atoms with Crippen molar-refractivity contribution < 1.29 is 35.1 Å². The molecule has 0 radical (unpaired) electrons. The molecule has 0 bridgehead atoms. The molecule has 0 atom stereocenters. The Kier molecular flexibility index (Phi) is 5.46. The van der Waals surface area contributed by atoms with E-state index in [9.17, 15) is 30.4 Å². The standard InChI is InChI=1S/C16H11F5O3S/c1-24-10-4-2-9(3-5-10)8-25(22,23)16(21)14(19)11-6-7-12(17)15(20)13(11)18/h2-7H,8H2,1H3. The Hall–Kier alpha value is -2.42. The summed E-state index contributed by atoms with van der Waals surface area (Å²) >= 11 is 0. The molecular weight excluding hydrogens is 367 g/mol. The fraction of sp³-hybridized carbons (Fsp3) is 0.125. The van der Waals surface area contributed by atoms with Crippen LogP contribution in [0.1, 0.15) is 11.1 Å². The smallest absolute Gasteiger partial charge is 0.251 e. The highest BCUT2D eigenvalue weighted by atomic mass is 32.2. The van der Waals surface area contributed by atoms with E-state index in [4.69, 9.17) is 4.74 Å². The predicted molar refractivity (Wildman–Crippen MR) is 81.1 cm³/mol. The van der Waals surface area contributed by atoms with E-state index in [0.29, 0.717) is 17.9 Å². The van der Waals surface area contributed by atoms with Gasteiger partial charge < -0.3 is 4.74 Å². The van der Waals surface area contributed by atoms with Crippen LogP contribution < -0.4 is 4.74 Å². The summed E-state index contributed by atoms with van der Waals surface area (Å²) in [5, 5.41) is -2.27. The van der Waals surface area contributed by atoms with Gasteiger partial charge in [0.25, 0.3) is 5.16 Å². The molecule has 0 fully saturated rings. The summed E-state index contributed by atoms with van der Waals surface area (Å²) in [6.07, 6.45) is 0. The fourth-order valence-corrected chi connectivity index (χ4v) is 3.08. The van der Waals surface area contributed by atoms with Gasteiger partial charge in [0.05, 0.1) is 18.4 Å². The van der Waals surface area contributed by atoms with Crippen LogP contribution in [-0.2, 0) is 15.6 Å². The summed E-state index contributed by atoms with van der Waals surface area (Å²) < 4.78 is 96.2. The highest BCUT2D eigenvalue weighted by molar-refractivity contribution is 7.94. The summed E-state index contributed by atoms with van der Waals surface area (Å²) in [5.41, 5.74) is -1.20. The lowest BCUT2D eigenvalue weighted by Crippen LogP contribution is -2.07. The Labute approximate surface area is 140 Å². The first-order chi connectivity index (χ1) is 11.7. The third kappa shape index (κ3) is 3.98. The molecule has 0 aliphatic rings. The molecule has 0 N–H and O–H groups in total. The minimum Gasteiger partial charge on any atom is -0.497 e. The predicted octanol–water partition coefficient (Wildman–Crippen LogP) is 4.29. The SMILES string of the molecule is COc1ccc(CS(=O)(=O)C(F)=C(F)c2ccc(F)c(F)c2F)cc1. The highest BCUT2D eigenvalue weighted by Gasteiger charge is 2.27. The Morgan fingerprint density at radius 1 is 0.960 bits per heavy atom. The van der Waals surface area contributed by atoms with E-state index in [2.05, 4.69) is 0 Å². The average molecular weight is 378 g/mol. The summed E-state index contributed by atoms with van der Waals surface area (Å²) in [6, 6.07) is 6.23. The first-order valence-electron chi connectivity index (χ1n) is 6.72. The van der Waals surface area contributed by atoms with Crippen LogP contribution in [0.5, 0.6) is 5.75 Å². The van der Waals surface area contributed by atoms with Crippen LogP contribution in [-0.4, -0.2) is 15.5 Å². The van der Waals surface area contributed by atoms with Gasteiger partial charge in [0, 0.05) is 0 Å². The van der Waals surface area contributed by atoms with Crippen LogP contribution in [0.25, 0.3) is 5.83 Å². The number of sulfone groups is 1. The van der Waals surface area contributed by atoms with Crippen LogP contribution in [0.2, 0.25) is 0 Å². The monoisotopic (exact) mass is 378 g/mol. The van der Waals surface area contributed by atoms with Crippen molar-refractivity contribution >= 4 is 15.7 Å². The topological polar surface area (TPSA) is 43.4 Å². The van der Waals surface area contributed by atoms with Crippen molar-refractivity contribution in [3.63, 3.8) is 0 Å². The molecule has 3 nitrogen and oxygen atoms in total. The van der Waals surface area contributed by atoms with Crippen molar-refractivity contribution in [2.24, 2.45) is 0 Å². The third-order valence-corrected chi connectivity index (χ3v) is 4.67. The van der Waals surface area contributed by atoms with Gasteiger partial charge in [0.1, 0.15) is 5.75 Å². The Morgan fingerprint density at radius 3 is 2.12 bits per heavy atom. The van der Waals surface area contributed by atoms with E-state index >= 15 is 0 Å². The van der Waals surface area contributed by atoms with Crippen LogP contribution >= 0.6 is 0 Å². The van der Waals surface area contributed by atoms with E-state index in [1.165, 1.54) is 31.4 Å². The van der Waals surface area contributed by atoms with Crippen LogP contribution in [0.15, 0.2) is 41.6 Å². The Morgan fingerprint density at radius 2 is 1.56 bits per heavy atom. The number of ether oxygens (including phenoxy) is 1. The van der Waals surface area contributed by atoms with E-state index in [1.54, 1.807) is 0 Å². The van der Waals surface area contributed by atoms with Gasteiger partial charge in [0.15, 0.2) is 23.3 Å². The zero-order valence-corrected chi connectivity index (χ0v) is 13.5. The van der Waals surface area contributed by atoms with Crippen LogP contribution in [0, 0.1) is 17.5 Å². The Bertz CT molecular complexity index is 922. The van der Waals surface area contributed by atoms with Gasteiger partial charge in [-0.25, -0.2) is 26.0 Å². The summed E-state index contributed by atoms with van der Waals surface area (Å²) in [6.45, 7) is 0. The Balaban J connectivity index is 2.40. The summed E-state index contributed by atoms with van der Waals surface area (Å²) in [5.74, 6) is -8.30. The van der Waals surface area contributed by atoms with Crippen molar-refractivity contribution in [3.8, 4) is 5.75 Å². The highest BCUT2D eigenvalue weighted by Crippen LogP contribution is 2.30. The second-order valence-corrected chi connectivity index (χ2v) is 6.79. The molecule has 0 aromatic heterocycles. The molecule has 2 rings (SSSR count). The van der Waals surface area contributed by atoms with E-state index in [0.717, 1.165) is 0 Å². The van der Waals surface area contributed by atoms with E-state index in [1.807, 2.05) is 0 Å². The minimum absolute atomic E-state index is 0.120. The molecule has 25 heavy (non-hydrogen) atoms. The minimum atomic E-state index is -4.81. The van der Waals surface area contributed by atoms with E-state index in [-0.39, 0.29) is 5.56 Å². The zero-order valence-electron chi connectivity index (χ0n) is 12.7. The molecular formula is C16H11F5O3S. The first-order valence-corrected chi connectivity index (χ1v) is 8.37. The number of hydrogen-bond acceptors (Lipinski definition) is 3. The van der Waals surface area contributed by atoms with Crippen molar-refractivity contribution in [2.45, 2.75) is 5.75 Å². The molecule has 0 aliphatic heterocycles.